The van der Waals surface area contributed by atoms with Crippen molar-refractivity contribution in [2.24, 2.45) is 5.92 Å². The molecule has 2 fully saturated rings. The van der Waals surface area contributed by atoms with Gasteiger partial charge in [-0.3, -0.25) is 28.0 Å². The van der Waals surface area contributed by atoms with Crippen molar-refractivity contribution in [1.82, 2.24) is 39.0 Å². The molecule has 42 heavy (non-hydrogen) atoms. The number of phosphoric ester groups is 1. The van der Waals surface area contributed by atoms with E-state index in [9.17, 15) is 24.5 Å². The maximum absolute atomic E-state index is 16.1. The van der Waals surface area contributed by atoms with Crippen molar-refractivity contribution in [3.8, 4) is 0 Å². The van der Waals surface area contributed by atoms with Gasteiger partial charge in [-0.1, -0.05) is 6.92 Å². The maximum Gasteiger partial charge on any atom is 0.472 e. The quantitative estimate of drug-likeness (QED) is 0.155. The number of aromatic amines is 1. The summed E-state index contributed by atoms with van der Waals surface area (Å²) in [6.07, 6.45) is -5.10. The molecule has 2 saturated heterocycles. The number of aromatic nitrogens is 8. The molecule has 0 aromatic carbocycles. The predicted molar refractivity (Wildman–Crippen MR) is 145 cm³/mol. The van der Waals surface area contributed by atoms with Gasteiger partial charge in [-0.15, -0.1) is 8.58 Å². The second-order valence-corrected chi connectivity index (χ2v) is 13.1. The molecule has 6 heterocycles. The van der Waals surface area contributed by atoms with E-state index in [2.05, 4.69) is 29.9 Å². The summed E-state index contributed by atoms with van der Waals surface area (Å²) in [5.74, 6) is -0.766. The van der Waals surface area contributed by atoms with Crippen LogP contribution >= 0.6 is 16.4 Å². The summed E-state index contributed by atoms with van der Waals surface area (Å²) in [5.41, 5.74) is 10.2. The summed E-state index contributed by atoms with van der Waals surface area (Å²) < 4.78 is 48.0. The van der Waals surface area contributed by atoms with Gasteiger partial charge in [-0.05, 0) is 6.16 Å². The zero-order valence-electron chi connectivity index (χ0n) is 21.8. The number of aliphatic hydroxyl groups is 2. The fourth-order valence-corrected chi connectivity index (χ4v) is 7.57. The number of nitrogens with zero attached hydrogens (tertiary/aromatic N) is 7. The van der Waals surface area contributed by atoms with E-state index in [1.807, 2.05) is 0 Å². The molecule has 0 saturated carbocycles. The molecular formula is C21H27FN10O8P2. The van der Waals surface area contributed by atoms with Crippen LogP contribution in [0.15, 0.2) is 23.8 Å². The van der Waals surface area contributed by atoms with E-state index >= 15 is 4.39 Å². The molecule has 0 spiro atoms. The van der Waals surface area contributed by atoms with Crippen LogP contribution in [0.5, 0.6) is 0 Å². The number of aliphatic hydroxyl groups excluding tert-OH is 2. The number of phosphoric acid groups is 1. The van der Waals surface area contributed by atoms with E-state index in [1.165, 1.54) is 19.6 Å². The Bertz CT molecular complexity index is 1740. The lowest BCUT2D eigenvalue weighted by Gasteiger charge is -2.32. The molecule has 0 amide bonds. The molecule has 2 aliphatic rings. The van der Waals surface area contributed by atoms with Crippen molar-refractivity contribution in [2.75, 3.05) is 24.2 Å². The van der Waals surface area contributed by atoms with E-state index in [0.717, 1.165) is 10.9 Å². The summed E-state index contributed by atoms with van der Waals surface area (Å²) in [6.45, 7) is 0.925. The van der Waals surface area contributed by atoms with E-state index in [4.69, 9.17) is 25.3 Å². The van der Waals surface area contributed by atoms with E-state index in [-0.39, 0.29) is 37.7 Å². The average Bonchev–Trinajstić information content (AvgIpc) is 3.64. The third kappa shape index (κ3) is 5.05. The second kappa shape index (κ2) is 10.8. The summed E-state index contributed by atoms with van der Waals surface area (Å²) in [6, 6.07) is 0. The van der Waals surface area contributed by atoms with E-state index in [1.54, 1.807) is 4.57 Å². The van der Waals surface area contributed by atoms with Gasteiger partial charge in [0.25, 0.3) is 5.56 Å². The van der Waals surface area contributed by atoms with Gasteiger partial charge in [-0.25, -0.2) is 28.9 Å². The molecular weight excluding hydrogens is 601 g/mol. The van der Waals surface area contributed by atoms with Crippen LogP contribution in [0.2, 0.25) is 0 Å². The van der Waals surface area contributed by atoms with Gasteiger partial charge in [0, 0.05) is 11.6 Å². The first-order valence-electron chi connectivity index (χ1n) is 12.7. The summed E-state index contributed by atoms with van der Waals surface area (Å²) >= 11 is 0. The lowest BCUT2D eigenvalue weighted by atomic mass is 10.0. The largest absolute Gasteiger partial charge is 0.472 e. The molecule has 4 aromatic rings. The SMILES string of the molecule is CC1PC[C@@H]2[C@H](O)[C@@H](COP(=O)(O)O[C@@H]([C@@H](O)n3cnc4c(=O)[nH]c(N)nc43)[C@@H]1F)O[C@H]2n1cnc2c(N)ncnc21. The minimum absolute atomic E-state index is 0.145. The van der Waals surface area contributed by atoms with Crippen LogP contribution in [0.3, 0.4) is 0 Å². The maximum atomic E-state index is 16.1. The van der Waals surface area contributed by atoms with Gasteiger partial charge in [0.05, 0.1) is 25.4 Å². The number of nitrogens with two attached hydrogens (primary N) is 2. The number of halogens is 1. The highest BCUT2D eigenvalue weighted by Crippen LogP contribution is 2.50. The van der Waals surface area contributed by atoms with Crippen LogP contribution in [0.4, 0.5) is 16.2 Å². The van der Waals surface area contributed by atoms with Gasteiger partial charge in [0.15, 0.2) is 28.9 Å². The van der Waals surface area contributed by atoms with E-state index < -0.39 is 68.5 Å². The monoisotopic (exact) mass is 628 g/mol. The predicted octanol–water partition coefficient (Wildman–Crippen LogP) is -0.590. The third-order valence-corrected chi connectivity index (χ3v) is 9.97. The van der Waals surface area contributed by atoms with Crippen molar-refractivity contribution in [2.45, 2.75) is 49.5 Å². The number of imidazole rings is 2. The van der Waals surface area contributed by atoms with E-state index in [0.29, 0.717) is 11.2 Å². The fourth-order valence-electron chi connectivity index (χ4n) is 5.14. The van der Waals surface area contributed by atoms with Crippen LogP contribution in [0.1, 0.15) is 19.4 Å². The van der Waals surface area contributed by atoms with Crippen molar-refractivity contribution in [1.29, 1.82) is 0 Å². The van der Waals surface area contributed by atoms with Gasteiger partial charge in [-0.2, -0.15) is 4.98 Å². The van der Waals surface area contributed by atoms with Crippen molar-refractivity contribution < 1.29 is 37.8 Å². The Morgan fingerprint density at radius 1 is 1.21 bits per heavy atom. The van der Waals surface area contributed by atoms with Gasteiger partial charge >= 0.3 is 7.82 Å². The number of alkyl halides is 1. The molecule has 0 radical (unpaired) electrons. The molecule has 4 aromatic heterocycles. The zero-order valence-corrected chi connectivity index (χ0v) is 23.7. The Labute approximate surface area is 236 Å². The average molecular weight is 628 g/mol. The van der Waals surface area contributed by atoms with Gasteiger partial charge < -0.3 is 31.3 Å². The minimum Gasteiger partial charge on any atom is -0.390 e. The van der Waals surface area contributed by atoms with Crippen molar-refractivity contribution in [3.05, 3.63) is 29.3 Å². The lowest BCUT2D eigenvalue weighted by Crippen LogP contribution is -2.40. The molecule has 2 aliphatic heterocycles. The number of fused-ring (bicyclic) bond motifs is 4. The lowest BCUT2D eigenvalue weighted by molar-refractivity contribution is -0.0753. The molecule has 3 unspecified atom stereocenters. The first-order valence-corrected chi connectivity index (χ1v) is 15.4. The molecule has 226 valence electrons. The number of nitrogens with one attached hydrogen (secondary N) is 1. The number of H-pyrrole nitrogens is 1. The third-order valence-electron chi connectivity index (χ3n) is 7.31. The first-order chi connectivity index (χ1) is 19.9. The molecule has 18 nitrogen and oxygen atoms in total. The number of anilines is 2. The Morgan fingerprint density at radius 3 is 2.76 bits per heavy atom. The van der Waals surface area contributed by atoms with Gasteiger partial charge in [0.1, 0.15) is 36.5 Å². The number of hydrogen-bond donors (Lipinski definition) is 6. The zero-order chi connectivity index (χ0) is 29.9. The Balaban J connectivity index is 1.32. The highest BCUT2D eigenvalue weighted by atomic mass is 31.2. The summed E-state index contributed by atoms with van der Waals surface area (Å²) in [5, 5.41) is 22.3. The summed E-state index contributed by atoms with van der Waals surface area (Å²) in [4.78, 5) is 45.2. The topological polar surface area (TPSA) is 265 Å². The molecule has 10 atom stereocenters. The van der Waals surface area contributed by atoms with Crippen molar-refractivity contribution >= 4 is 50.5 Å². The van der Waals surface area contributed by atoms with Crippen LogP contribution in [-0.2, 0) is 18.3 Å². The van der Waals surface area contributed by atoms with Gasteiger partial charge in [0.2, 0.25) is 5.95 Å². The van der Waals surface area contributed by atoms with Crippen LogP contribution in [-0.4, -0.2) is 97.1 Å². The number of nitrogen functional groups attached to an aromatic ring is 2. The molecule has 21 heteroatoms. The number of rotatable bonds is 3. The molecule has 2 bridgehead atoms. The smallest absolute Gasteiger partial charge is 0.390 e. The number of ether oxygens (including phenoxy) is 1. The Morgan fingerprint density at radius 2 is 1.98 bits per heavy atom. The summed E-state index contributed by atoms with van der Waals surface area (Å²) in [7, 11) is -5.24. The molecule has 0 aliphatic carbocycles. The Hall–Kier alpha value is -3.15. The second-order valence-electron chi connectivity index (χ2n) is 9.97. The Kier molecular flexibility index (Phi) is 7.47. The highest BCUT2D eigenvalue weighted by Gasteiger charge is 2.48. The van der Waals surface area contributed by atoms with Crippen molar-refractivity contribution in [3.63, 3.8) is 0 Å². The normalized spacial score (nSPS) is 34.0. The van der Waals surface area contributed by atoms with Crippen LogP contribution in [0.25, 0.3) is 22.3 Å². The molecule has 6 rings (SSSR count). The van der Waals surface area contributed by atoms with Crippen LogP contribution < -0.4 is 17.0 Å². The number of hydrogen-bond acceptors (Lipinski definition) is 14. The first kappa shape index (κ1) is 28.9. The fraction of sp³-hybridized carbons (Fsp3) is 0.524. The van der Waals surface area contributed by atoms with Crippen LogP contribution in [0, 0.1) is 5.92 Å². The minimum atomic E-state index is -5.07. The highest BCUT2D eigenvalue weighted by molar-refractivity contribution is 7.47. The standard InChI is InChI=1S/C21H27FN10O8P2/c1-7-10(22)14(19(35)31-5-28-12-17(31)29-21(24)30-18(12)34)40-42(36,37)38-2-9-13(33)8(3-41-7)20(39-9)32-6-27-11-15(23)25-4-26-16(11)32/h4-10,13-14,19-20,33,35,41H,2-3H2,1H3,(H,36,37)(H2,23,25,26)(H3,24,29,30,34)/t7?,8-,9-,10-,13+,14-,19-,20-/m1/s1. The molecule has 8 N–H and O–H groups in total.